The summed E-state index contributed by atoms with van der Waals surface area (Å²) >= 11 is 1.59. The van der Waals surface area contributed by atoms with Gasteiger partial charge < -0.3 is 5.32 Å². The molecule has 1 N–H and O–H groups in total. The van der Waals surface area contributed by atoms with Gasteiger partial charge in [-0.25, -0.2) is 9.97 Å². The highest BCUT2D eigenvalue weighted by molar-refractivity contribution is 7.10. The first kappa shape index (κ1) is 15.1. The molecule has 0 fully saturated rings. The van der Waals surface area contributed by atoms with E-state index in [1.807, 2.05) is 54.8 Å². The summed E-state index contributed by atoms with van der Waals surface area (Å²) in [5.74, 6) is 0.560. The standard InChI is InChI=1S/C18H15N3OS/c1-13-19-10-9-17(20-13)14-4-2-5-15(12-14)21-18(22)8-7-16-6-3-11-23-16/h2-12H,1H3,(H,21,22). The van der Waals surface area contributed by atoms with Gasteiger partial charge in [0.1, 0.15) is 5.82 Å². The van der Waals surface area contributed by atoms with Gasteiger partial charge in [-0.2, -0.15) is 0 Å². The topological polar surface area (TPSA) is 54.9 Å². The van der Waals surface area contributed by atoms with Gasteiger partial charge in [-0.05, 0) is 42.6 Å². The molecule has 0 radical (unpaired) electrons. The molecule has 114 valence electrons. The lowest BCUT2D eigenvalue weighted by atomic mass is 10.1. The molecule has 0 atom stereocenters. The van der Waals surface area contributed by atoms with Crippen molar-refractivity contribution in [2.75, 3.05) is 5.32 Å². The lowest BCUT2D eigenvalue weighted by Gasteiger charge is -2.06. The van der Waals surface area contributed by atoms with Gasteiger partial charge in [0.05, 0.1) is 5.69 Å². The molecule has 3 aromatic rings. The maximum atomic E-state index is 12.0. The number of hydrogen-bond donors (Lipinski definition) is 1. The summed E-state index contributed by atoms with van der Waals surface area (Å²) in [6, 6.07) is 13.4. The molecule has 23 heavy (non-hydrogen) atoms. The molecule has 0 spiro atoms. The van der Waals surface area contributed by atoms with E-state index in [2.05, 4.69) is 15.3 Å². The van der Waals surface area contributed by atoms with Gasteiger partial charge in [0.25, 0.3) is 0 Å². The third-order valence-electron chi connectivity index (χ3n) is 3.14. The van der Waals surface area contributed by atoms with Gasteiger partial charge in [0, 0.05) is 28.4 Å². The highest BCUT2D eigenvalue weighted by Crippen LogP contribution is 2.20. The fourth-order valence-corrected chi connectivity index (χ4v) is 2.72. The first-order valence-electron chi connectivity index (χ1n) is 7.13. The number of thiophene rings is 1. The van der Waals surface area contributed by atoms with Crippen LogP contribution in [-0.4, -0.2) is 15.9 Å². The Balaban J connectivity index is 1.74. The molecule has 4 nitrogen and oxygen atoms in total. The van der Waals surface area contributed by atoms with Gasteiger partial charge in [0.2, 0.25) is 5.91 Å². The fraction of sp³-hybridized carbons (Fsp3) is 0.0556. The number of nitrogens with one attached hydrogen (secondary N) is 1. The van der Waals surface area contributed by atoms with Crippen LogP contribution in [0.3, 0.4) is 0 Å². The molecular formula is C18H15N3OS. The molecule has 3 rings (SSSR count). The van der Waals surface area contributed by atoms with Crippen molar-refractivity contribution in [3.63, 3.8) is 0 Å². The van der Waals surface area contributed by atoms with Gasteiger partial charge in [-0.1, -0.05) is 18.2 Å². The third-order valence-corrected chi connectivity index (χ3v) is 3.98. The Bertz CT molecular complexity index is 841. The van der Waals surface area contributed by atoms with E-state index in [1.54, 1.807) is 23.6 Å². The monoisotopic (exact) mass is 321 g/mol. The highest BCUT2D eigenvalue weighted by atomic mass is 32.1. The average molecular weight is 321 g/mol. The molecule has 2 heterocycles. The maximum Gasteiger partial charge on any atom is 0.248 e. The van der Waals surface area contributed by atoms with Gasteiger partial charge in [-0.3, -0.25) is 4.79 Å². The Labute approximate surface area is 138 Å². The zero-order chi connectivity index (χ0) is 16.1. The summed E-state index contributed by atoms with van der Waals surface area (Å²) in [7, 11) is 0. The van der Waals surface area contributed by atoms with Crippen LogP contribution in [0.4, 0.5) is 5.69 Å². The van der Waals surface area contributed by atoms with Crippen LogP contribution in [0.2, 0.25) is 0 Å². The smallest absolute Gasteiger partial charge is 0.248 e. The summed E-state index contributed by atoms with van der Waals surface area (Å²) in [6.45, 7) is 1.85. The van der Waals surface area contributed by atoms with Crippen molar-refractivity contribution >= 4 is 29.0 Å². The summed E-state index contributed by atoms with van der Waals surface area (Å²) in [6.07, 6.45) is 5.07. The van der Waals surface area contributed by atoms with Crippen LogP contribution >= 0.6 is 11.3 Å². The van der Waals surface area contributed by atoms with Crippen LogP contribution in [0, 0.1) is 6.92 Å². The van der Waals surface area contributed by atoms with E-state index in [1.165, 1.54) is 6.08 Å². The quantitative estimate of drug-likeness (QED) is 0.734. The van der Waals surface area contributed by atoms with Crippen molar-refractivity contribution in [2.24, 2.45) is 0 Å². The second kappa shape index (κ2) is 6.98. The number of hydrogen-bond acceptors (Lipinski definition) is 4. The number of aromatic nitrogens is 2. The molecule has 1 aromatic carbocycles. The van der Waals surface area contributed by atoms with Gasteiger partial charge in [-0.15, -0.1) is 11.3 Å². The van der Waals surface area contributed by atoms with Crippen molar-refractivity contribution in [2.45, 2.75) is 6.92 Å². The molecule has 0 unspecified atom stereocenters. The van der Waals surface area contributed by atoms with E-state index >= 15 is 0 Å². The molecule has 0 saturated carbocycles. The SMILES string of the molecule is Cc1nccc(-c2cccc(NC(=O)C=Cc3cccs3)c2)n1. The minimum Gasteiger partial charge on any atom is -0.322 e. The number of amides is 1. The van der Waals surface area contributed by atoms with Crippen LogP contribution < -0.4 is 5.32 Å². The number of anilines is 1. The molecule has 0 aliphatic rings. The van der Waals surface area contributed by atoms with Crippen molar-refractivity contribution in [1.29, 1.82) is 0 Å². The number of carbonyl (C=O) groups is 1. The Morgan fingerprint density at radius 3 is 2.91 bits per heavy atom. The summed E-state index contributed by atoms with van der Waals surface area (Å²) < 4.78 is 0. The molecule has 0 aliphatic heterocycles. The molecular weight excluding hydrogens is 306 g/mol. The number of carbonyl (C=O) groups excluding carboxylic acids is 1. The largest absolute Gasteiger partial charge is 0.322 e. The van der Waals surface area contributed by atoms with Crippen LogP contribution in [0.15, 0.2) is 60.1 Å². The minimum atomic E-state index is -0.158. The van der Waals surface area contributed by atoms with Crippen LogP contribution in [0.25, 0.3) is 17.3 Å². The predicted octanol–water partition coefficient (Wildman–Crippen LogP) is 4.17. The summed E-state index contributed by atoms with van der Waals surface area (Å²) in [4.78, 5) is 21.5. The predicted molar refractivity (Wildman–Crippen MR) is 94.2 cm³/mol. The van der Waals surface area contributed by atoms with Crippen LogP contribution in [-0.2, 0) is 4.79 Å². The number of aryl methyl sites for hydroxylation is 1. The maximum absolute atomic E-state index is 12.0. The Hall–Kier alpha value is -2.79. The van der Waals surface area contributed by atoms with E-state index < -0.39 is 0 Å². The first-order chi connectivity index (χ1) is 11.2. The Morgan fingerprint density at radius 2 is 2.13 bits per heavy atom. The Morgan fingerprint density at radius 1 is 1.22 bits per heavy atom. The minimum absolute atomic E-state index is 0.158. The molecule has 5 heteroatoms. The van der Waals surface area contributed by atoms with Crippen molar-refractivity contribution < 1.29 is 4.79 Å². The van der Waals surface area contributed by atoms with Gasteiger partial charge in [0.15, 0.2) is 0 Å². The third kappa shape index (κ3) is 4.11. The highest BCUT2D eigenvalue weighted by Gasteiger charge is 2.03. The number of benzene rings is 1. The first-order valence-corrected chi connectivity index (χ1v) is 8.01. The summed E-state index contributed by atoms with van der Waals surface area (Å²) in [5.41, 5.74) is 2.51. The van der Waals surface area contributed by atoms with Crippen LogP contribution in [0.5, 0.6) is 0 Å². The molecule has 0 bridgehead atoms. The lowest BCUT2D eigenvalue weighted by Crippen LogP contribution is -2.07. The zero-order valence-electron chi connectivity index (χ0n) is 12.6. The normalized spacial score (nSPS) is 10.8. The zero-order valence-corrected chi connectivity index (χ0v) is 13.4. The number of nitrogens with zero attached hydrogens (tertiary/aromatic N) is 2. The lowest BCUT2D eigenvalue weighted by molar-refractivity contribution is -0.111. The van der Waals surface area contributed by atoms with E-state index in [9.17, 15) is 4.79 Å². The molecule has 0 aliphatic carbocycles. The summed E-state index contributed by atoms with van der Waals surface area (Å²) in [5, 5.41) is 4.84. The van der Waals surface area contributed by atoms with E-state index in [-0.39, 0.29) is 5.91 Å². The second-order valence-corrected chi connectivity index (χ2v) is 5.89. The van der Waals surface area contributed by atoms with Crippen LogP contribution in [0.1, 0.15) is 10.7 Å². The molecule has 2 aromatic heterocycles. The van der Waals surface area contributed by atoms with Crippen molar-refractivity contribution in [1.82, 2.24) is 9.97 Å². The van der Waals surface area contributed by atoms with Crippen molar-refractivity contribution in [3.05, 3.63) is 70.8 Å². The second-order valence-electron chi connectivity index (χ2n) is 4.91. The fourth-order valence-electron chi connectivity index (χ4n) is 2.10. The van der Waals surface area contributed by atoms with Crippen molar-refractivity contribution in [3.8, 4) is 11.3 Å². The molecule has 1 amide bonds. The average Bonchev–Trinajstić information content (AvgIpc) is 3.07. The Kier molecular flexibility index (Phi) is 4.59. The van der Waals surface area contributed by atoms with E-state index in [0.29, 0.717) is 0 Å². The van der Waals surface area contributed by atoms with E-state index in [4.69, 9.17) is 0 Å². The van der Waals surface area contributed by atoms with Gasteiger partial charge >= 0.3 is 0 Å². The molecule has 0 saturated heterocycles. The number of rotatable bonds is 4. The van der Waals surface area contributed by atoms with E-state index in [0.717, 1.165) is 27.6 Å².